The van der Waals surface area contributed by atoms with Gasteiger partial charge in [-0.3, -0.25) is 4.90 Å². The maximum absolute atomic E-state index is 2.63. The molecule has 0 aromatic heterocycles. The van der Waals surface area contributed by atoms with Gasteiger partial charge in [-0.2, -0.15) is 0 Å². The summed E-state index contributed by atoms with van der Waals surface area (Å²) < 4.78 is 0. The molecule has 0 atom stereocenters. The molecule has 0 aromatic rings. The van der Waals surface area contributed by atoms with E-state index in [-0.39, 0.29) is 0 Å². The molecular weight excluding hydrogens is 158 g/mol. The summed E-state index contributed by atoms with van der Waals surface area (Å²) in [5, 5.41) is 0. The molecule has 0 spiro atoms. The molecule has 0 N–H and O–H groups in total. The van der Waals surface area contributed by atoms with Crippen LogP contribution in [0.25, 0.3) is 0 Å². The van der Waals surface area contributed by atoms with E-state index in [2.05, 4.69) is 39.5 Å². The van der Waals surface area contributed by atoms with Gasteiger partial charge in [-0.05, 0) is 33.2 Å². The molecule has 0 rings (SSSR count). The molecule has 1 heteroatoms. The summed E-state index contributed by atoms with van der Waals surface area (Å²) in [7, 11) is 0. The Bertz CT molecular complexity index is 104. The lowest BCUT2D eigenvalue weighted by molar-refractivity contribution is 0.144. The molecular formula is C12H27N. The number of nitrogens with zero attached hydrogens (tertiary/aromatic N) is 1. The number of hydrogen-bond donors (Lipinski definition) is 0. The van der Waals surface area contributed by atoms with Crippen LogP contribution < -0.4 is 0 Å². The summed E-state index contributed by atoms with van der Waals surface area (Å²) >= 11 is 0. The summed E-state index contributed by atoms with van der Waals surface area (Å²) in [6.45, 7) is 12.7. The van der Waals surface area contributed by atoms with Crippen LogP contribution in [0.2, 0.25) is 0 Å². The molecule has 0 aliphatic carbocycles. The molecule has 0 saturated heterocycles. The molecule has 0 bridgehead atoms. The fraction of sp³-hybridized carbons (Fsp3) is 1.00. The third-order valence-electron chi connectivity index (χ3n) is 2.74. The molecule has 1 nitrogen and oxygen atoms in total. The second kappa shape index (κ2) is 7.37. The molecule has 0 aromatic carbocycles. The Morgan fingerprint density at radius 1 is 0.923 bits per heavy atom. The smallest absolute Gasteiger partial charge is 0.00976 e. The van der Waals surface area contributed by atoms with Crippen LogP contribution in [-0.2, 0) is 0 Å². The van der Waals surface area contributed by atoms with E-state index in [9.17, 15) is 0 Å². The average molecular weight is 185 g/mol. The van der Waals surface area contributed by atoms with E-state index in [1.165, 1.54) is 32.2 Å². The molecule has 0 saturated carbocycles. The van der Waals surface area contributed by atoms with Crippen LogP contribution in [0.3, 0.4) is 0 Å². The van der Waals surface area contributed by atoms with Crippen molar-refractivity contribution in [2.24, 2.45) is 0 Å². The first kappa shape index (κ1) is 13.0. The van der Waals surface area contributed by atoms with Gasteiger partial charge in [-0.1, -0.05) is 33.6 Å². The molecule has 0 radical (unpaired) electrons. The van der Waals surface area contributed by atoms with E-state index in [0.29, 0.717) is 6.04 Å². The minimum Gasteiger partial charge on any atom is -0.298 e. The van der Waals surface area contributed by atoms with Crippen molar-refractivity contribution in [1.82, 2.24) is 4.90 Å². The zero-order valence-corrected chi connectivity index (χ0v) is 10.1. The van der Waals surface area contributed by atoms with E-state index in [1.807, 2.05) is 0 Å². The van der Waals surface area contributed by atoms with Crippen molar-refractivity contribution < 1.29 is 0 Å². The first-order valence-corrected chi connectivity index (χ1v) is 5.93. The topological polar surface area (TPSA) is 3.24 Å². The lowest BCUT2D eigenvalue weighted by Gasteiger charge is -2.34. The minimum absolute atomic E-state index is 0.702. The summed E-state index contributed by atoms with van der Waals surface area (Å²) in [6.07, 6.45) is 5.35. The van der Waals surface area contributed by atoms with Crippen LogP contribution in [0.4, 0.5) is 0 Å². The van der Waals surface area contributed by atoms with Gasteiger partial charge in [0.1, 0.15) is 0 Å². The van der Waals surface area contributed by atoms with Gasteiger partial charge in [0.15, 0.2) is 0 Å². The zero-order chi connectivity index (χ0) is 10.3. The fourth-order valence-electron chi connectivity index (χ4n) is 2.19. The molecule has 0 heterocycles. The van der Waals surface area contributed by atoms with Gasteiger partial charge in [0.25, 0.3) is 0 Å². The second-order valence-electron chi connectivity index (χ2n) is 4.16. The summed E-state index contributed by atoms with van der Waals surface area (Å²) in [5.41, 5.74) is 0. The lowest BCUT2D eigenvalue weighted by Crippen LogP contribution is -2.40. The van der Waals surface area contributed by atoms with Crippen molar-refractivity contribution in [3.63, 3.8) is 0 Å². The van der Waals surface area contributed by atoms with Crippen LogP contribution in [0.1, 0.15) is 60.3 Å². The van der Waals surface area contributed by atoms with Crippen molar-refractivity contribution in [3.8, 4) is 0 Å². The summed E-state index contributed by atoms with van der Waals surface area (Å²) in [4.78, 5) is 2.63. The monoisotopic (exact) mass is 185 g/mol. The SMILES string of the molecule is CCCC(CCC)N(CC)C(C)C. The normalized spacial score (nSPS) is 12.0. The summed E-state index contributed by atoms with van der Waals surface area (Å²) in [6, 6.07) is 1.52. The van der Waals surface area contributed by atoms with Crippen molar-refractivity contribution >= 4 is 0 Å². The molecule has 0 fully saturated rings. The highest BCUT2D eigenvalue weighted by molar-refractivity contribution is 4.72. The van der Waals surface area contributed by atoms with Gasteiger partial charge in [0.05, 0.1) is 0 Å². The van der Waals surface area contributed by atoms with Crippen LogP contribution in [-0.4, -0.2) is 23.5 Å². The van der Waals surface area contributed by atoms with E-state index < -0.39 is 0 Å². The molecule has 0 aliphatic heterocycles. The minimum atomic E-state index is 0.702. The van der Waals surface area contributed by atoms with Crippen LogP contribution in [0, 0.1) is 0 Å². The second-order valence-corrected chi connectivity index (χ2v) is 4.16. The highest BCUT2D eigenvalue weighted by Gasteiger charge is 2.17. The van der Waals surface area contributed by atoms with Crippen LogP contribution in [0.15, 0.2) is 0 Å². The number of rotatable bonds is 7. The first-order valence-electron chi connectivity index (χ1n) is 5.93. The predicted octanol–water partition coefficient (Wildman–Crippen LogP) is 3.69. The Morgan fingerprint density at radius 2 is 1.38 bits per heavy atom. The Labute approximate surface area is 84.5 Å². The van der Waals surface area contributed by atoms with Gasteiger partial charge in [-0.25, -0.2) is 0 Å². The fourth-order valence-corrected chi connectivity index (χ4v) is 2.19. The highest BCUT2D eigenvalue weighted by Crippen LogP contribution is 2.15. The van der Waals surface area contributed by atoms with Crippen LogP contribution in [0.5, 0.6) is 0 Å². The third kappa shape index (κ3) is 4.66. The van der Waals surface area contributed by atoms with Crippen molar-refractivity contribution in [1.29, 1.82) is 0 Å². The standard InChI is InChI=1S/C12H27N/c1-6-9-12(10-7-2)13(8-3)11(4)5/h11-12H,6-10H2,1-5H3. The summed E-state index contributed by atoms with van der Waals surface area (Å²) in [5.74, 6) is 0. The maximum Gasteiger partial charge on any atom is 0.00976 e. The van der Waals surface area contributed by atoms with Gasteiger partial charge >= 0.3 is 0 Å². The quantitative estimate of drug-likeness (QED) is 0.585. The van der Waals surface area contributed by atoms with Crippen molar-refractivity contribution in [2.45, 2.75) is 72.4 Å². The van der Waals surface area contributed by atoms with E-state index in [4.69, 9.17) is 0 Å². The Hall–Kier alpha value is -0.0400. The highest BCUT2D eigenvalue weighted by atomic mass is 15.2. The average Bonchev–Trinajstić information content (AvgIpc) is 2.05. The Kier molecular flexibility index (Phi) is 7.35. The van der Waals surface area contributed by atoms with E-state index in [0.717, 1.165) is 6.04 Å². The Morgan fingerprint density at radius 3 is 1.62 bits per heavy atom. The maximum atomic E-state index is 2.63. The van der Waals surface area contributed by atoms with Crippen molar-refractivity contribution in [3.05, 3.63) is 0 Å². The molecule has 0 aliphatic rings. The molecule has 80 valence electrons. The van der Waals surface area contributed by atoms with Gasteiger partial charge < -0.3 is 0 Å². The molecule has 0 unspecified atom stereocenters. The molecule has 0 amide bonds. The van der Waals surface area contributed by atoms with Gasteiger partial charge in [-0.15, -0.1) is 0 Å². The third-order valence-corrected chi connectivity index (χ3v) is 2.74. The van der Waals surface area contributed by atoms with Crippen LogP contribution >= 0.6 is 0 Å². The zero-order valence-electron chi connectivity index (χ0n) is 10.1. The predicted molar refractivity (Wildman–Crippen MR) is 61.1 cm³/mol. The van der Waals surface area contributed by atoms with Gasteiger partial charge in [0.2, 0.25) is 0 Å². The van der Waals surface area contributed by atoms with Crippen molar-refractivity contribution in [2.75, 3.05) is 6.54 Å². The number of hydrogen-bond acceptors (Lipinski definition) is 1. The van der Waals surface area contributed by atoms with E-state index in [1.54, 1.807) is 0 Å². The van der Waals surface area contributed by atoms with E-state index >= 15 is 0 Å². The Balaban J connectivity index is 4.11. The first-order chi connectivity index (χ1) is 6.17. The molecule has 13 heavy (non-hydrogen) atoms. The largest absolute Gasteiger partial charge is 0.298 e. The van der Waals surface area contributed by atoms with Gasteiger partial charge in [0, 0.05) is 12.1 Å². The lowest BCUT2D eigenvalue weighted by atomic mass is 10.0.